The maximum atomic E-state index is 13.3. The molecule has 1 amide bonds. The molecule has 1 aliphatic heterocycles. The molecule has 21 heavy (non-hydrogen) atoms. The number of nitrogens with zero attached hydrogens (tertiary/aromatic N) is 2. The summed E-state index contributed by atoms with van der Waals surface area (Å²) in [5, 5.41) is 4.49. The second-order valence-electron chi connectivity index (χ2n) is 5.77. The molecule has 2 aliphatic rings. The summed E-state index contributed by atoms with van der Waals surface area (Å²) in [7, 11) is 0. The Morgan fingerprint density at radius 3 is 3.10 bits per heavy atom. The van der Waals surface area contributed by atoms with Gasteiger partial charge in [0.2, 0.25) is 5.91 Å². The van der Waals surface area contributed by atoms with Crippen molar-refractivity contribution in [3.05, 3.63) is 29.7 Å². The van der Waals surface area contributed by atoms with E-state index < -0.39 is 0 Å². The molecule has 5 nitrogen and oxygen atoms in total. The van der Waals surface area contributed by atoms with Gasteiger partial charge in [-0.2, -0.15) is 0 Å². The monoisotopic (exact) mass is 290 g/mol. The van der Waals surface area contributed by atoms with Crippen molar-refractivity contribution in [1.29, 1.82) is 0 Å². The molecule has 1 aliphatic carbocycles. The van der Waals surface area contributed by atoms with Gasteiger partial charge in [0.1, 0.15) is 11.5 Å². The molecule has 4 rings (SSSR count). The average Bonchev–Trinajstić information content (AvgIpc) is 3.13. The Kier molecular flexibility index (Phi) is 2.75. The number of amides is 1. The summed E-state index contributed by atoms with van der Waals surface area (Å²) in [6, 6.07) is 4.21. The number of ether oxygens (including phenoxy) is 1. The van der Waals surface area contributed by atoms with Crippen LogP contribution in [0.15, 0.2) is 22.7 Å². The molecule has 0 unspecified atom stereocenters. The maximum Gasteiger partial charge on any atom is 0.229 e. The minimum Gasteiger partial charge on any atom is -0.377 e. The molecule has 2 heterocycles. The number of hydrogen-bond donors (Lipinski definition) is 0. The van der Waals surface area contributed by atoms with Gasteiger partial charge in [-0.15, -0.1) is 0 Å². The average molecular weight is 290 g/mol. The van der Waals surface area contributed by atoms with E-state index >= 15 is 0 Å². The van der Waals surface area contributed by atoms with Gasteiger partial charge < -0.3 is 14.2 Å². The number of aromatic nitrogens is 1. The standard InChI is InChI=1S/C15H15FN2O3/c16-10-1-2-13-11(7-10)12(17-21-13)8-14(19)18-5-6-20-9-15(18)3-4-15/h1-2,7H,3-6,8-9H2. The quantitative estimate of drug-likeness (QED) is 0.847. The molecule has 110 valence electrons. The van der Waals surface area contributed by atoms with Gasteiger partial charge >= 0.3 is 0 Å². The number of carbonyl (C=O) groups excluding carboxylic acids is 1. The summed E-state index contributed by atoms with van der Waals surface area (Å²) >= 11 is 0. The van der Waals surface area contributed by atoms with E-state index in [0.717, 1.165) is 12.8 Å². The Hall–Kier alpha value is -1.95. The lowest BCUT2D eigenvalue weighted by molar-refractivity contribution is -0.141. The van der Waals surface area contributed by atoms with Gasteiger partial charge in [0, 0.05) is 11.9 Å². The van der Waals surface area contributed by atoms with Gasteiger partial charge in [-0.25, -0.2) is 4.39 Å². The largest absolute Gasteiger partial charge is 0.377 e. The topological polar surface area (TPSA) is 55.6 Å². The van der Waals surface area contributed by atoms with Crippen LogP contribution >= 0.6 is 0 Å². The normalized spacial score (nSPS) is 20.1. The molecule has 0 radical (unpaired) electrons. The second-order valence-corrected chi connectivity index (χ2v) is 5.77. The Morgan fingerprint density at radius 2 is 2.29 bits per heavy atom. The van der Waals surface area contributed by atoms with Crippen LogP contribution in [0.4, 0.5) is 4.39 Å². The van der Waals surface area contributed by atoms with Crippen molar-refractivity contribution >= 4 is 16.9 Å². The van der Waals surface area contributed by atoms with Crippen molar-refractivity contribution in [1.82, 2.24) is 10.1 Å². The van der Waals surface area contributed by atoms with E-state index in [2.05, 4.69) is 5.16 Å². The van der Waals surface area contributed by atoms with Crippen LogP contribution in [0, 0.1) is 5.82 Å². The Bertz CT molecular complexity index is 708. The minimum atomic E-state index is -0.357. The Balaban J connectivity index is 1.59. The van der Waals surface area contributed by atoms with Crippen molar-refractivity contribution in [3.63, 3.8) is 0 Å². The van der Waals surface area contributed by atoms with Crippen LogP contribution in [0.25, 0.3) is 11.0 Å². The Morgan fingerprint density at radius 1 is 1.43 bits per heavy atom. The lowest BCUT2D eigenvalue weighted by Crippen LogP contribution is -2.51. The molecule has 0 atom stereocenters. The van der Waals surface area contributed by atoms with Gasteiger partial charge in [0.05, 0.1) is 25.2 Å². The lowest BCUT2D eigenvalue weighted by atomic mass is 10.1. The molecule has 1 spiro atoms. The minimum absolute atomic E-state index is 0.00950. The third-order valence-electron chi connectivity index (χ3n) is 4.36. The number of rotatable bonds is 2. The third kappa shape index (κ3) is 2.10. The van der Waals surface area contributed by atoms with E-state index in [-0.39, 0.29) is 23.7 Å². The molecule has 0 N–H and O–H groups in total. The number of morpholine rings is 1. The van der Waals surface area contributed by atoms with Crippen molar-refractivity contribution < 1.29 is 18.4 Å². The SMILES string of the molecule is O=C(Cc1noc2ccc(F)cc12)N1CCOCC12CC2. The molecule has 1 saturated carbocycles. The number of hydrogen-bond acceptors (Lipinski definition) is 4. The van der Waals surface area contributed by atoms with E-state index in [9.17, 15) is 9.18 Å². The van der Waals surface area contributed by atoms with Crippen molar-refractivity contribution in [3.8, 4) is 0 Å². The van der Waals surface area contributed by atoms with Gasteiger partial charge in [-0.05, 0) is 31.0 Å². The number of benzene rings is 1. The highest BCUT2D eigenvalue weighted by Gasteiger charge is 2.51. The van der Waals surface area contributed by atoms with Gasteiger partial charge in [-0.1, -0.05) is 5.16 Å². The van der Waals surface area contributed by atoms with Gasteiger partial charge in [0.15, 0.2) is 5.58 Å². The van der Waals surface area contributed by atoms with Crippen molar-refractivity contribution in [2.24, 2.45) is 0 Å². The fourth-order valence-corrected chi connectivity index (χ4v) is 3.01. The predicted octanol–water partition coefficient (Wildman–Crippen LogP) is 1.90. The molecular weight excluding hydrogens is 275 g/mol. The van der Waals surface area contributed by atoms with E-state index in [0.29, 0.717) is 36.4 Å². The fourth-order valence-electron chi connectivity index (χ4n) is 3.01. The fraction of sp³-hybridized carbons (Fsp3) is 0.467. The first-order valence-electron chi connectivity index (χ1n) is 7.10. The van der Waals surface area contributed by atoms with Crippen molar-refractivity contribution in [2.45, 2.75) is 24.8 Å². The third-order valence-corrected chi connectivity index (χ3v) is 4.36. The maximum absolute atomic E-state index is 13.3. The molecule has 0 bridgehead atoms. The van der Waals surface area contributed by atoms with E-state index in [1.165, 1.54) is 18.2 Å². The van der Waals surface area contributed by atoms with E-state index in [1.807, 2.05) is 4.90 Å². The summed E-state index contributed by atoms with van der Waals surface area (Å²) in [5.41, 5.74) is 0.902. The molecular formula is C15H15FN2O3. The van der Waals surface area contributed by atoms with E-state index in [1.54, 1.807) is 0 Å². The molecule has 6 heteroatoms. The van der Waals surface area contributed by atoms with Crippen LogP contribution in [-0.2, 0) is 16.0 Å². The number of halogens is 1. The smallest absolute Gasteiger partial charge is 0.229 e. The highest BCUT2D eigenvalue weighted by Crippen LogP contribution is 2.43. The van der Waals surface area contributed by atoms with Gasteiger partial charge in [-0.3, -0.25) is 4.79 Å². The van der Waals surface area contributed by atoms with Crippen LogP contribution in [-0.4, -0.2) is 41.3 Å². The molecule has 1 aromatic heterocycles. The van der Waals surface area contributed by atoms with Crippen LogP contribution in [0.1, 0.15) is 18.5 Å². The van der Waals surface area contributed by atoms with Crippen LogP contribution < -0.4 is 0 Å². The molecule has 2 aromatic rings. The number of carbonyl (C=O) groups is 1. The first kappa shape index (κ1) is 12.8. The highest BCUT2D eigenvalue weighted by atomic mass is 19.1. The van der Waals surface area contributed by atoms with Crippen molar-refractivity contribution in [2.75, 3.05) is 19.8 Å². The van der Waals surface area contributed by atoms with Crippen LogP contribution in [0.3, 0.4) is 0 Å². The zero-order valence-electron chi connectivity index (χ0n) is 11.5. The number of fused-ring (bicyclic) bond motifs is 1. The first-order valence-corrected chi connectivity index (χ1v) is 7.10. The summed E-state index contributed by atoms with van der Waals surface area (Å²) in [5.74, 6) is -0.348. The van der Waals surface area contributed by atoms with E-state index in [4.69, 9.17) is 9.26 Å². The second kappa shape index (κ2) is 4.53. The predicted molar refractivity (Wildman–Crippen MR) is 72.2 cm³/mol. The zero-order valence-corrected chi connectivity index (χ0v) is 11.5. The Labute approximate surface area is 120 Å². The molecule has 1 aromatic carbocycles. The first-order chi connectivity index (χ1) is 10.2. The summed E-state index contributed by atoms with van der Waals surface area (Å²) < 4.78 is 24.0. The van der Waals surface area contributed by atoms with Crippen LogP contribution in [0.2, 0.25) is 0 Å². The lowest BCUT2D eigenvalue weighted by Gasteiger charge is -2.36. The zero-order chi connectivity index (χ0) is 14.4. The summed E-state index contributed by atoms with van der Waals surface area (Å²) in [6.45, 7) is 1.80. The summed E-state index contributed by atoms with van der Waals surface area (Å²) in [6.07, 6.45) is 2.12. The van der Waals surface area contributed by atoms with Gasteiger partial charge in [0.25, 0.3) is 0 Å². The summed E-state index contributed by atoms with van der Waals surface area (Å²) in [4.78, 5) is 14.4. The van der Waals surface area contributed by atoms with Crippen LogP contribution in [0.5, 0.6) is 0 Å². The highest BCUT2D eigenvalue weighted by molar-refractivity contribution is 5.87. The molecule has 1 saturated heterocycles. The molecule has 2 fully saturated rings.